The fourth-order valence-corrected chi connectivity index (χ4v) is 4.57. The first-order chi connectivity index (χ1) is 14.1. The maximum Gasteiger partial charge on any atom is 0.254 e. The molecule has 5 heteroatoms. The third-order valence-electron chi connectivity index (χ3n) is 5.88. The fraction of sp³-hybridized carbons (Fsp3) is 0.208. The maximum atomic E-state index is 13.5. The Labute approximate surface area is 169 Å². The number of hydrogen-bond donors (Lipinski definition) is 1. The summed E-state index contributed by atoms with van der Waals surface area (Å²) in [5.74, 6) is -0.111. The number of fused-ring (bicyclic) bond motifs is 4. The molecule has 1 aromatic heterocycles. The van der Waals surface area contributed by atoms with Gasteiger partial charge in [0.25, 0.3) is 5.91 Å². The van der Waals surface area contributed by atoms with Crippen molar-refractivity contribution >= 4 is 17.6 Å². The highest BCUT2D eigenvalue weighted by Gasteiger charge is 2.46. The van der Waals surface area contributed by atoms with Crippen LogP contribution >= 0.6 is 0 Å². The molecular weight excluding hydrogens is 362 g/mol. The predicted molar refractivity (Wildman–Crippen MR) is 111 cm³/mol. The average Bonchev–Trinajstić information content (AvgIpc) is 2.74. The number of carbonyl (C=O) groups is 2. The smallest absolute Gasteiger partial charge is 0.254 e. The molecule has 0 saturated heterocycles. The number of benzene rings is 2. The van der Waals surface area contributed by atoms with Gasteiger partial charge in [-0.25, -0.2) is 4.98 Å². The molecule has 2 unspecified atom stereocenters. The Bertz CT molecular complexity index is 1120. The minimum absolute atomic E-state index is 0.00201. The summed E-state index contributed by atoms with van der Waals surface area (Å²) in [6.45, 7) is 2.58. The zero-order chi connectivity index (χ0) is 20.0. The quantitative estimate of drug-likeness (QED) is 0.731. The van der Waals surface area contributed by atoms with Gasteiger partial charge in [-0.2, -0.15) is 0 Å². The molecule has 2 aliphatic heterocycles. The van der Waals surface area contributed by atoms with Gasteiger partial charge in [0.15, 0.2) is 0 Å². The van der Waals surface area contributed by atoms with Gasteiger partial charge in [0, 0.05) is 18.3 Å². The normalized spacial score (nSPS) is 19.8. The first kappa shape index (κ1) is 17.6. The van der Waals surface area contributed by atoms with Gasteiger partial charge in [-0.1, -0.05) is 42.5 Å². The standard InChI is InChI=1S/C24H21N3O2/c1-15-10-12-25-20(14-15)26-23(28)21-18-8-4-5-9-19(18)24(29)27-13-11-16-6-2-3-7-17(16)22(21)27/h2-10,12,14,21-22H,11,13H2,1H3,(H,25,26,28). The number of aryl methyl sites for hydroxylation is 1. The molecule has 3 heterocycles. The van der Waals surface area contributed by atoms with Crippen LogP contribution in [0.5, 0.6) is 0 Å². The number of anilines is 1. The van der Waals surface area contributed by atoms with Crippen LogP contribution in [0.1, 0.15) is 44.6 Å². The highest BCUT2D eigenvalue weighted by molar-refractivity contribution is 6.04. The molecule has 2 aromatic carbocycles. The van der Waals surface area contributed by atoms with E-state index in [0.29, 0.717) is 17.9 Å². The largest absolute Gasteiger partial charge is 0.330 e. The van der Waals surface area contributed by atoms with Gasteiger partial charge < -0.3 is 10.2 Å². The second kappa shape index (κ2) is 6.85. The van der Waals surface area contributed by atoms with Crippen molar-refractivity contribution in [1.82, 2.24) is 9.88 Å². The number of carbonyl (C=O) groups excluding carboxylic acids is 2. The summed E-state index contributed by atoms with van der Waals surface area (Å²) < 4.78 is 0. The van der Waals surface area contributed by atoms with Crippen molar-refractivity contribution < 1.29 is 9.59 Å². The fourth-order valence-electron chi connectivity index (χ4n) is 4.57. The Kier molecular flexibility index (Phi) is 4.16. The number of amides is 2. The van der Waals surface area contributed by atoms with E-state index in [4.69, 9.17) is 0 Å². The zero-order valence-corrected chi connectivity index (χ0v) is 16.1. The van der Waals surface area contributed by atoms with Crippen LogP contribution in [0.2, 0.25) is 0 Å². The summed E-state index contributed by atoms with van der Waals surface area (Å²) in [4.78, 5) is 32.9. The number of rotatable bonds is 2. The lowest BCUT2D eigenvalue weighted by atomic mass is 9.76. The van der Waals surface area contributed by atoms with Gasteiger partial charge in [-0.3, -0.25) is 9.59 Å². The molecule has 144 valence electrons. The molecule has 29 heavy (non-hydrogen) atoms. The molecule has 0 fully saturated rings. The molecule has 2 aliphatic rings. The summed E-state index contributed by atoms with van der Waals surface area (Å²) in [7, 11) is 0. The van der Waals surface area contributed by atoms with E-state index in [1.807, 2.05) is 66.4 Å². The third kappa shape index (κ3) is 2.90. The van der Waals surface area contributed by atoms with Crippen molar-refractivity contribution in [3.05, 3.63) is 94.7 Å². The van der Waals surface area contributed by atoms with E-state index in [9.17, 15) is 9.59 Å². The topological polar surface area (TPSA) is 62.3 Å². The van der Waals surface area contributed by atoms with E-state index in [0.717, 1.165) is 23.1 Å². The molecule has 0 spiro atoms. The second-order valence-electron chi connectivity index (χ2n) is 7.66. The number of pyridine rings is 1. The number of nitrogens with one attached hydrogen (secondary N) is 1. The van der Waals surface area contributed by atoms with Crippen molar-refractivity contribution in [3.8, 4) is 0 Å². The molecule has 0 aliphatic carbocycles. The first-order valence-corrected chi connectivity index (χ1v) is 9.85. The Morgan fingerprint density at radius 2 is 1.83 bits per heavy atom. The van der Waals surface area contributed by atoms with Gasteiger partial charge in [0.1, 0.15) is 5.82 Å². The SMILES string of the molecule is Cc1ccnc(NC(=O)C2c3ccccc3C(=O)N3CCc4ccccc4C23)c1. The van der Waals surface area contributed by atoms with E-state index >= 15 is 0 Å². The number of nitrogens with zero attached hydrogens (tertiary/aromatic N) is 2. The van der Waals surface area contributed by atoms with E-state index < -0.39 is 5.92 Å². The van der Waals surface area contributed by atoms with Gasteiger partial charge >= 0.3 is 0 Å². The summed E-state index contributed by atoms with van der Waals surface area (Å²) in [6.07, 6.45) is 2.49. The van der Waals surface area contributed by atoms with E-state index in [1.54, 1.807) is 6.20 Å². The van der Waals surface area contributed by atoms with Crippen LogP contribution in [0.4, 0.5) is 5.82 Å². The lowest BCUT2D eigenvalue weighted by molar-refractivity contribution is -0.119. The summed E-state index contributed by atoms with van der Waals surface area (Å²) in [5, 5.41) is 2.98. The first-order valence-electron chi connectivity index (χ1n) is 9.85. The van der Waals surface area contributed by atoms with E-state index in [1.165, 1.54) is 5.56 Å². The van der Waals surface area contributed by atoms with Gasteiger partial charge in [-0.15, -0.1) is 0 Å². The Hall–Kier alpha value is -3.47. The van der Waals surface area contributed by atoms with Crippen LogP contribution in [0.3, 0.4) is 0 Å². The molecule has 2 amide bonds. The van der Waals surface area contributed by atoms with Crippen LogP contribution in [-0.2, 0) is 11.2 Å². The maximum absolute atomic E-state index is 13.5. The van der Waals surface area contributed by atoms with Crippen LogP contribution in [0.15, 0.2) is 66.9 Å². The molecular formula is C24H21N3O2. The van der Waals surface area contributed by atoms with Crippen LogP contribution in [0.25, 0.3) is 0 Å². The number of hydrogen-bond acceptors (Lipinski definition) is 3. The van der Waals surface area contributed by atoms with Crippen molar-refractivity contribution in [2.45, 2.75) is 25.3 Å². The number of aromatic nitrogens is 1. The van der Waals surface area contributed by atoms with Crippen molar-refractivity contribution in [1.29, 1.82) is 0 Å². The van der Waals surface area contributed by atoms with Crippen LogP contribution in [-0.4, -0.2) is 28.2 Å². The Balaban J connectivity index is 1.63. The molecule has 2 atom stereocenters. The van der Waals surface area contributed by atoms with Crippen molar-refractivity contribution in [3.63, 3.8) is 0 Å². The lowest BCUT2D eigenvalue weighted by Gasteiger charge is -2.45. The average molecular weight is 383 g/mol. The predicted octanol–water partition coefficient (Wildman–Crippen LogP) is 3.87. The lowest BCUT2D eigenvalue weighted by Crippen LogP contribution is -2.49. The van der Waals surface area contributed by atoms with Crippen molar-refractivity contribution in [2.24, 2.45) is 0 Å². The summed E-state index contributed by atoms with van der Waals surface area (Å²) in [5.41, 5.74) is 4.67. The summed E-state index contributed by atoms with van der Waals surface area (Å²) >= 11 is 0. The molecule has 3 aromatic rings. The minimum atomic E-state index is -0.493. The van der Waals surface area contributed by atoms with Crippen molar-refractivity contribution in [2.75, 3.05) is 11.9 Å². The molecule has 5 rings (SSSR count). The Morgan fingerprint density at radius 3 is 2.66 bits per heavy atom. The van der Waals surface area contributed by atoms with Gasteiger partial charge in [0.2, 0.25) is 5.91 Å². The highest BCUT2D eigenvalue weighted by atomic mass is 16.2. The zero-order valence-electron chi connectivity index (χ0n) is 16.1. The van der Waals surface area contributed by atoms with E-state index in [-0.39, 0.29) is 17.9 Å². The van der Waals surface area contributed by atoms with Gasteiger partial charge in [-0.05, 0) is 53.8 Å². The monoisotopic (exact) mass is 383 g/mol. The molecule has 0 bridgehead atoms. The van der Waals surface area contributed by atoms with Crippen LogP contribution < -0.4 is 5.32 Å². The highest BCUT2D eigenvalue weighted by Crippen LogP contribution is 2.46. The minimum Gasteiger partial charge on any atom is -0.330 e. The molecule has 5 nitrogen and oxygen atoms in total. The molecule has 0 radical (unpaired) electrons. The van der Waals surface area contributed by atoms with Crippen LogP contribution in [0, 0.1) is 6.92 Å². The van der Waals surface area contributed by atoms with Gasteiger partial charge in [0.05, 0.1) is 12.0 Å². The molecule has 1 N–H and O–H groups in total. The third-order valence-corrected chi connectivity index (χ3v) is 5.88. The van der Waals surface area contributed by atoms with E-state index in [2.05, 4.69) is 16.4 Å². The molecule has 0 saturated carbocycles. The second-order valence-corrected chi connectivity index (χ2v) is 7.66. The summed E-state index contributed by atoms with van der Waals surface area (Å²) in [6, 6.07) is 19.0. The Morgan fingerprint density at radius 1 is 1.07 bits per heavy atom.